The number of aliphatic imine (C=N–C) groups is 1. The number of nitrogens with zero attached hydrogens (tertiary/aromatic N) is 7. The second-order valence-electron chi connectivity index (χ2n) is 15.2. The summed E-state index contributed by atoms with van der Waals surface area (Å²) in [5.41, 5.74) is 3.72. The van der Waals surface area contributed by atoms with Crippen LogP contribution in [-0.4, -0.2) is 101 Å². The number of aryl methyl sites for hydroxylation is 3. The number of fused-ring (bicyclic) bond motifs is 3. The highest BCUT2D eigenvalue weighted by Gasteiger charge is 2.34. The lowest BCUT2D eigenvalue weighted by atomic mass is 10.1. The number of nitrogens with one attached hydrogen (secondary N) is 3. The third-order valence-electron chi connectivity index (χ3n) is 10.7. The lowest BCUT2D eigenvalue weighted by molar-refractivity contribution is -0.116. The number of methoxy groups -OCH3 is 1. The fourth-order valence-corrected chi connectivity index (χ4v) is 7.59. The lowest BCUT2D eigenvalue weighted by Crippen LogP contribution is -2.35. The second kappa shape index (κ2) is 16.7. The van der Waals surface area contributed by atoms with E-state index in [1.54, 1.807) is 85.7 Å². The summed E-state index contributed by atoms with van der Waals surface area (Å²) in [6.45, 7) is 4.49. The molecule has 0 aliphatic carbocycles. The van der Waals surface area contributed by atoms with Crippen LogP contribution in [-0.2, 0) is 30.7 Å². The maximum atomic E-state index is 13.6. The maximum absolute atomic E-state index is 13.6. The zero-order chi connectivity index (χ0) is 44.7. The minimum absolute atomic E-state index is 0.00506. The molecule has 6 aromatic rings. The number of aromatic nitrogens is 5. The van der Waals surface area contributed by atoms with Crippen LogP contribution in [0.2, 0.25) is 0 Å². The Bertz CT molecular complexity index is 2930. The molecule has 0 spiro atoms. The van der Waals surface area contributed by atoms with Gasteiger partial charge >= 0.3 is 5.97 Å². The van der Waals surface area contributed by atoms with Gasteiger partial charge in [0.2, 0.25) is 11.7 Å². The molecule has 2 aliphatic heterocycles. The minimum Gasteiger partial charge on any atom is -0.504 e. The maximum Gasteiger partial charge on any atom is 0.337 e. The number of hydrogen-bond donors (Lipinski definition) is 4. The van der Waals surface area contributed by atoms with Crippen LogP contribution in [0.4, 0.5) is 22.9 Å². The summed E-state index contributed by atoms with van der Waals surface area (Å²) in [5.74, 6) is -2.48. The monoisotopic (exact) mass is 854 g/mol. The van der Waals surface area contributed by atoms with Crippen molar-refractivity contribution in [2.45, 2.75) is 25.3 Å². The van der Waals surface area contributed by atoms with Gasteiger partial charge in [0.05, 0.1) is 53.5 Å². The number of carbonyl (C=O) groups excluding carboxylic acids is 6. The molecule has 0 saturated carbocycles. The molecule has 6 heterocycles. The number of amides is 4. The highest BCUT2D eigenvalue weighted by molar-refractivity contribution is 6.08. The third kappa shape index (κ3) is 8.30. The SMILES string of the molecule is C=C1C[C@H]2C=Nc3cc(OCCCC(=O)Nc4cn(C)c(C(=O)Nc5cc(C(=O)Nc6cc(C(=O)n7ccc8cc(C(=O)OC)ccc87)n(C)c6)n(C)c5)n4)c(O)cc3C(=O)N2C1. The summed E-state index contributed by atoms with van der Waals surface area (Å²) in [4.78, 5) is 88.5. The first-order chi connectivity index (χ1) is 30.2. The Labute approximate surface area is 359 Å². The first kappa shape index (κ1) is 41.5. The van der Waals surface area contributed by atoms with Crippen molar-refractivity contribution in [1.29, 1.82) is 0 Å². The summed E-state index contributed by atoms with van der Waals surface area (Å²) in [6.07, 6.45) is 8.92. The van der Waals surface area contributed by atoms with Crippen LogP contribution < -0.4 is 20.7 Å². The largest absolute Gasteiger partial charge is 0.504 e. The quantitative estimate of drug-likeness (QED) is 0.0731. The van der Waals surface area contributed by atoms with Gasteiger partial charge in [0.25, 0.3) is 23.6 Å². The zero-order valence-electron chi connectivity index (χ0n) is 34.7. The number of ether oxygens (including phenoxy) is 2. The van der Waals surface area contributed by atoms with Crippen LogP contribution in [0.1, 0.15) is 71.6 Å². The van der Waals surface area contributed by atoms with Gasteiger partial charge in [-0.15, -0.1) is 0 Å². The molecule has 0 unspecified atom stereocenters. The van der Waals surface area contributed by atoms with E-state index in [0.717, 1.165) is 5.57 Å². The van der Waals surface area contributed by atoms with Gasteiger partial charge in [-0.3, -0.25) is 33.5 Å². The fourth-order valence-electron chi connectivity index (χ4n) is 7.59. The van der Waals surface area contributed by atoms with Gasteiger partial charge in [0.15, 0.2) is 17.3 Å². The third-order valence-corrected chi connectivity index (χ3v) is 10.7. The molecule has 4 N–H and O–H groups in total. The highest BCUT2D eigenvalue weighted by Crippen LogP contribution is 2.38. The Morgan fingerprint density at radius 1 is 0.889 bits per heavy atom. The smallest absolute Gasteiger partial charge is 0.337 e. The fraction of sp³-hybridized carbons (Fsp3) is 0.227. The molecule has 19 nitrogen and oxygen atoms in total. The molecule has 2 aromatic carbocycles. The Balaban J connectivity index is 0.832. The summed E-state index contributed by atoms with van der Waals surface area (Å²) in [5, 5.41) is 19.5. The van der Waals surface area contributed by atoms with Crippen molar-refractivity contribution in [3.05, 3.63) is 114 Å². The first-order valence-corrected chi connectivity index (χ1v) is 19.7. The predicted molar refractivity (Wildman–Crippen MR) is 231 cm³/mol. The van der Waals surface area contributed by atoms with Crippen molar-refractivity contribution in [3.8, 4) is 11.5 Å². The number of carbonyl (C=O) groups is 6. The second-order valence-corrected chi connectivity index (χ2v) is 15.2. The Morgan fingerprint density at radius 3 is 2.38 bits per heavy atom. The summed E-state index contributed by atoms with van der Waals surface area (Å²) in [7, 11) is 6.21. The molecule has 1 atom stereocenters. The summed E-state index contributed by atoms with van der Waals surface area (Å²) in [6, 6.07) is 12.3. The average molecular weight is 855 g/mol. The Kier molecular flexibility index (Phi) is 11.0. The van der Waals surface area contributed by atoms with Gasteiger partial charge in [-0.2, -0.15) is 0 Å². The molecule has 63 heavy (non-hydrogen) atoms. The van der Waals surface area contributed by atoms with Gasteiger partial charge in [-0.05, 0) is 55.3 Å². The number of hydrogen-bond acceptors (Lipinski definition) is 11. The van der Waals surface area contributed by atoms with E-state index >= 15 is 0 Å². The van der Waals surface area contributed by atoms with E-state index in [1.807, 2.05) is 0 Å². The van der Waals surface area contributed by atoms with Gasteiger partial charge in [0, 0.05) is 76.6 Å². The van der Waals surface area contributed by atoms with Crippen LogP contribution in [0.3, 0.4) is 0 Å². The number of aromatic hydroxyl groups is 1. The molecule has 0 bridgehead atoms. The summed E-state index contributed by atoms with van der Waals surface area (Å²) >= 11 is 0. The van der Waals surface area contributed by atoms with Crippen molar-refractivity contribution in [2.24, 2.45) is 26.1 Å². The molecule has 1 fully saturated rings. The van der Waals surface area contributed by atoms with Crippen LogP contribution in [0.25, 0.3) is 10.9 Å². The van der Waals surface area contributed by atoms with Crippen LogP contribution in [0.15, 0.2) is 90.5 Å². The van der Waals surface area contributed by atoms with Gasteiger partial charge in [0.1, 0.15) is 11.4 Å². The van der Waals surface area contributed by atoms with E-state index in [4.69, 9.17) is 9.47 Å². The van der Waals surface area contributed by atoms with Crippen molar-refractivity contribution < 1.29 is 43.3 Å². The van der Waals surface area contributed by atoms with E-state index in [2.05, 4.69) is 32.5 Å². The van der Waals surface area contributed by atoms with Gasteiger partial charge in [-0.25, -0.2) is 9.78 Å². The number of anilines is 3. The standard InChI is InChI=1S/C44H42N10O9/c1-24-13-29-19-45-31-18-36(35(55)17-30(31)42(59)54(29)20-24)63-12-6-7-38(56)48-37-23-52(4)39(49-37)41(58)47-27-15-33(50(2)21-27)40(57)46-28-16-34(51(3)22-28)43(60)53-11-10-25-14-26(44(61)62-5)8-9-32(25)53/h8-11,14-19,21-23,29,55H,1,6-7,12-13,20H2,2-5H3,(H,46,57)(H,47,58)(H,48,56)/t29-/m0/s1. The minimum atomic E-state index is -0.591. The number of benzene rings is 2. The van der Waals surface area contributed by atoms with Crippen LogP contribution in [0, 0.1) is 0 Å². The van der Waals surface area contributed by atoms with Crippen LogP contribution >= 0.6 is 0 Å². The topological polar surface area (TPSA) is 225 Å². The predicted octanol–water partition coefficient (Wildman–Crippen LogP) is 5.02. The normalized spacial score (nSPS) is 14.3. The molecule has 2 aliphatic rings. The number of rotatable bonds is 12. The number of imidazole rings is 1. The molecular formula is C44H42N10O9. The van der Waals surface area contributed by atoms with E-state index in [9.17, 15) is 33.9 Å². The van der Waals surface area contributed by atoms with Crippen molar-refractivity contribution in [3.63, 3.8) is 0 Å². The molecule has 0 radical (unpaired) electrons. The van der Waals surface area contributed by atoms with Crippen molar-refractivity contribution in [1.82, 2.24) is 28.2 Å². The Hall–Kier alpha value is -8.22. The summed E-state index contributed by atoms with van der Waals surface area (Å²) < 4.78 is 16.6. The van der Waals surface area contributed by atoms with E-state index in [1.165, 1.54) is 45.2 Å². The molecule has 322 valence electrons. The average Bonchev–Trinajstić information content (AvgIpc) is 4.08. The van der Waals surface area contributed by atoms with E-state index in [0.29, 0.717) is 52.2 Å². The number of phenols is 1. The zero-order valence-corrected chi connectivity index (χ0v) is 34.7. The molecule has 19 heteroatoms. The molecule has 4 amide bonds. The van der Waals surface area contributed by atoms with Gasteiger partial charge in [-0.1, -0.05) is 12.2 Å². The molecular weight excluding hydrogens is 813 g/mol. The number of phenolic OH excluding ortho intramolecular Hbond substituents is 1. The molecule has 1 saturated heterocycles. The van der Waals surface area contributed by atoms with E-state index in [-0.39, 0.29) is 77.6 Å². The molecule has 8 rings (SSSR count). The van der Waals surface area contributed by atoms with Gasteiger partial charge < -0.3 is 49.1 Å². The van der Waals surface area contributed by atoms with E-state index < -0.39 is 17.8 Å². The van der Waals surface area contributed by atoms with Crippen molar-refractivity contribution in [2.75, 3.05) is 36.2 Å². The number of esters is 1. The first-order valence-electron chi connectivity index (χ1n) is 19.7. The van der Waals surface area contributed by atoms with Crippen molar-refractivity contribution >= 4 is 75.5 Å². The lowest BCUT2D eigenvalue weighted by Gasteiger charge is -2.19. The Morgan fingerprint density at radius 2 is 1.62 bits per heavy atom. The highest BCUT2D eigenvalue weighted by atomic mass is 16.5. The molecule has 4 aromatic heterocycles. The van der Waals surface area contributed by atoms with Crippen LogP contribution in [0.5, 0.6) is 11.5 Å².